The van der Waals surface area contributed by atoms with Crippen LogP contribution < -0.4 is 0 Å². The highest BCUT2D eigenvalue weighted by molar-refractivity contribution is 5.82. The second kappa shape index (κ2) is 4.30. The van der Waals surface area contributed by atoms with Crippen LogP contribution in [0.1, 0.15) is 30.9 Å². The molecule has 0 amide bonds. The highest BCUT2D eigenvalue weighted by Gasteiger charge is 2.18. The lowest BCUT2D eigenvalue weighted by Gasteiger charge is -2.14. The standard InChI is InChI=1S/C15H15NO/c17-15(11-5-1-2-6-11)13-7-3-9-14-12(13)8-4-10-16-14/h3-5,7-10,15,17H,1-2,6H2. The molecule has 0 spiro atoms. The fourth-order valence-electron chi connectivity index (χ4n) is 2.51. The van der Waals surface area contributed by atoms with Crippen molar-refractivity contribution in [2.24, 2.45) is 0 Å². The first-order chi connectivity index (χ1) is 8.36. The lowest BCUT2D eigenvalue weighted by Crippen LogP contribution is -2.01. The van der Waals surface area contributed by atoms with Crippen molar-refractivity contribution in [1.82, 2.24) is 4.98 Å². The Morgan fingerprint density at radius 2 is 2.12 bits per heavy atom. The minimum absolute atomic E-state index is 0.467. The number of aliphatic hydroxyl groups is 1. The van der Waals surface area contributed by atoms with Crippen LogP contribution in [0.5, 0.6) is 0 Å². The van der Waals surface area contributed by atoms with Gasteiger partial charge in [0.1, 0.15) is 6.10 Å². The van der Waals surface area contributed by atoms with Gasteiger partial charge in [-0.25, -0.2) is 0 Å². The Labute approximate surface area is 101 Å². The topological polar surface area (TPSA) is 33.1 Å². The first-order valence-corrected chi connectivity index (χ1v) is 6.07. The van der Waals surface area contributed by atoms with Gasteiger partial charge in [-0.15, -0.1) is 0 Å². The summed E-state index contributed by atoms with van der Waals surface area (Å²) in [6, 6.07) is 9.88. The Morgan fingerprint density at radius 3 is 2.94 bits per heavy atom. The monoisotopic (exact) mass is 225 g/mol. The van der Waals surface area contributed by atoms with E-state index in [9.17, 15) is 5.11 Å². The quantitative estimate of drug-likeness (QED) is 0.795. The summed E-state index contributed by atoms with van der Waals surface area (Å²) in [6.45, 7) is 0. The second-order valence-corrected chi connectivity index (χ2v) is 4.49. The number of pyridine rings is 1. The maximum atomic E-state index is 10.4. The summed E-state index contributed by atoms with van der Waals surface area (Å²) in [5, 5.41) is 11.5. The summed E-state index contributed by atoms with van der Waals surface area (Å²) in [6.07, 6.45) is 6.75. The van der Waals surface area contributed by atoms with Crippen molar-refractivity contribution in [1.29, 1.82) is 0 Å². The Bertz CT molecular complexity index is 569. The zero-order valence-corrected chi connectivity index (χ0v) is 9.63. The molecule has 1 aromatic carbocycles. The van der Waals surface area contributed by atoms with E-state index >= 15 is 0 Å². The van der Waals surface area contributed by atoms with E-state index in [0.29, 0.717) is 0 Å². The lowest BCUT2D eigenvalue weighted by molar-refractivity contribution is 0.214. The third-order valence-electron chi connectivity index (χ3n) is 3.40. The smallest absolute Gasteiger partial charge is 0.101 e. The van der Waals surface area contributed by atoms with Gasteiger partial charge in [-0.3, -0.25) is 4.98 Å². The lowest BCUT2D eigenvalue weighted by atomic mass is 9.97. The van der Waals surface area contributed by atoms with Crippen LogP contribution in [0.4, 0.5) is 0 Å². The minimum Gasteiger partial charge on any atom is -0.384 e. The first-order valence-electron chi connectivity index (χ1n) is 6.07. The number of aromatic nitrogens is 1. The Hall–Kier alpha value is -1.67. The SMILES string of the molecule is OC(C1=CCCC1)c1cccc2ncccc12. The van der Waals surface area contributed by atoms with E-state index in [-0.39, 0.29) is 0 Å². The molecule has 2 heteroatoms. The van der Waals surface area contributed by atoms with Gasteiger partial charge in [-0.2, -0.15) is 0 Å². The number of allylic oxidation sites excluding steroid dienone is 1. The van der Waals surface area contributed by atoms with Crippen molar-refractivity contribution in [3.05, 3.63) is 53.7 Å². The molecule has 1 aromatic heterocycles. The van der Waals surface area contributed by atoms with Gasteiger partial charge >= 0.3 is 0 Å². The van der Waals surface area contributed by atoms with E-state index in [4.69, 9.17) is 0 Å². The number of hydrogen-bond acceptors (Lipinski definition) is 2. The molecule has 1 aliphatic carbocycles. The van der Waals surface area contributed by atoms with Crippen LogP contribution in [0.3, 0.4) is 0 Å². The van der Waals surface area contributed by atoms with Crippen LogP contribution >= 0.6 is 0 Å². The molecule has 0 fully saturated rings. The highest BCUT2D eigenvalue weighted by atomic mass is 16.3. The van der Waals surface area contributed by atoms with E-state index in [1.165, 1.54) is 0 Å². The molecule has 0 aliphatic heterocycles. The van der Waals surface area contributed by atoms with Gasteiger partial charge < -0.3 is 5.11 Å². The molecule has 1 unspecified atom stereocenters. The van der Waals surface area contributed by atoms with Crippen LogP contribution in [-0.4, -0.2) is 10.1 Å². The van der Waals surface area contributed by atoms with Crippen LogP contribution in [-0.2, 0) is 0 Å². The third kappa shape index (κ3) is 1.85. The van der Waals surface area contributed by atoms with Crippen molar-refractivity contribution in [3.63, 3.8) is 0 Å². The number of fused-ring (bicyclic) bond motifs is 1. The third-order valence-corrected chi connectivity index (χ3v) is 3.40. The van der Waals surface area contributed by atoms with Crippen LogP contribution in [0.15, 0.2) is 48.2 Å². The van der Waals surface area contributed by atoms with Gasteiger partial charge in [0, 0.05) is 11.6 Å². The van der Waals surface area contributed by atoms with Gasteiger partial charge in [0.25, 0.3) is 0 Å². The second-order valence-electron chi connectivity index (χ2n) is 4.49. The maximum absolute atomic E-state index is 10.4. The van der Waals surface area contributed by atoms with Crippen molar-refractivity contribution in [3.8, 4) is 0 Å². The van der Waals surface area contributed by atoms with Crippen molar-refractivity contribution < 1.29 is 5.11 Å². The minimum atomic E-state index is -0.467. The normalized spacial score (nSPS) is 17.1. The van der Waals surface area contributed by atoms with Gasteiger partial charge in [-0.1, -0.05) is 24.3 Å². The molecule has 3 rings (SSSR count). The molecule has 17 heavy (non-hydrogen) atoms. The number of aliphatic hydroxyl groups excluding tert-OH is 1. The molecule has 1 atom stereocenters. The average Bonchev–Trinajstić information content (AvgIpc) is 2.91. The molecule has 2 aromatic rings. The average molecular weight is 225 g/mol. The maximum Gasteiger partial charge on any atom is 0.101 e. The molecule has 0 saturated heterocycles. The van der Waals surface area contributed by atoms with Gasteiger partial charge in [-0.05, 0) is 42.5 Å². The molecule has 0 bridgehead atoms. The molecule has 1 N–H and O–H groups in total. The van der Waals surface area contributed by atoms with E-state index in [0.717, 1.165) is 41.3 Å². The fraction of sp³-hybridized carbons (Fsp3) is 0.267. The largest absolute Gasteiger partial charge is 0.384 e. The molecule has 1 heterocycles. The van der Waals surface area contributed by atoms with E-state index < -0.39 is 6.10 Å². The van der Waals surface area contributed by atoms with Crippen LogP contribution in [0.2, 0.25) is 0 Å². The summed E-state index contributed by atoms with van der Waals surface area (Å²) in [4.78, 5) is 4.32. The van der Waals surface area contributed by atoms with E-state index in [2.05, 4.69) is 11.1 Å². The Balaban J connectivity index is 2.10. The predicted molar refractivity (Wildman–Crippen MR) is 68.6 cm³/mol. The Kier molecular flexibility index (Phi) is 2.65. The zero-order valence-electron chi connectivity index (χ0n) is 9.63. The summed E-state index contributed by atoms with van der Waals surface area (Å²) < 4.78 is 0. The summed E-state index contributed by atoms with van der Waals surface area (Å²) >= 11 is 0. The van der Waals surface area contributed by atoms with Crippen molar-refractivity contribution >= 4 is 10.9 Å². The number of benzene rings is 1. The predicted octanol–water partition coefficient (Wildman–Crippen LogP) is 3.38. The van der Waals surface area contributed by atoms with Crippen molar-refractivity contribution in [2.45, 2.75) is 25.4 Å². The fourth-order valence-corrected chi connectivity index (χ4v) is 2.51. The molecule has 0 radical (unpaired) electrons. The molecule has 2 nitrogen and oxygen atoms in total. The molecular weight excluding hydrogens is 210 g/mol. The Morgan fingerprint density at radius 1 is 1.18 bits per heavy atom. The molecular formula is C15H15NO. The van der Waals surface area contributed by atoms with Crippen LogP contribution in [0, 0.1) is 0 Å². The summed E-state index contributed by atoms with van der Waals surface area (Å²) in [5.41, 5.74) is 3.08. The summed E-state index contributed by atoms with van der Waals surface area (Å²) in [7, 11) is 0. The van der Waals surface area contributed by atoms with E-state index in [1.54, 1.807) is 6.20 Å². The zero-order chi connectivity index (χ0) is 11.7. The number of nitrogens with zero attached hydrogens (tertiary/aromatic N) is 1. The van der Waals surface area contributed by atoms with Gasteiger partial charge in [0.2, 0.25) is 0 Å². The molecule has 1 aliphatic rings. The van der Waals surface area contributed by atoms with Crippen molar-refractivity contribution in [2.75, 3.05) is 0 Å². The number of hydrogen-bond donors (Lipinski definition) is 1. The summed E-state index contributed by atoms with van der Waals surface area (Å²) in [5.74, 6) is 0. The van der Waals surface area contributed by atoms with Crippen LogP contribution in [0.25, 0.3) is 10.9 Å². The molecule has 0 saturated carbocycles. The highest BCUT2D eigenvalue weighted by Crippen LogP contribution is 2.33. The first kappa shape index (κ1) is 10.5. The number of rotatable bonds is 2. The van der Waals surface area contributed by atoms with Gasteiger partial charge in [0.05, 0.1) is 5.52 Å². The molecule has 86 valence electrons. The van der Waals surface area contributed by atoms with Gasteiger partial charge in [0.15, 0.2) is 0 Å². The van der Waals surface area contributed by atoms with E-state index in [1.807, 2.05) is 30.3 Å².